The van der Waals surface area contributed by atoms with Crippen molar-refractivity contribution in [2.75, 3.05) is 19.7 Å². The van der Waals surface area contributed by atoms with Gasteiger partial charge in [0.15, 0.2) is 11.5 Å². The fourth-order valence-corrected chi connectivity index (χ4v) is 1.80. The number of aliphatic carboxylic acids is 2. The van der Waals surface area contributed by atoms with E-state index < -0.39 is 35.6 Å². The molecular formula is C10H17N3O8S. The molecule has 0 aliphatic heterocycles. The summed E-state index contributed by atoms with van der Waals surface area (Å²) in [6.07, 6.45) is -0.706. The number of carbonyl (C=O) groups excluding carboxylic acids is 2. The number of carbonyl (C=O) groups is 4. The lowest BCUT2D eigenvalue weighted by molar-refractivity contribution is -0.137. The van der Waals surface area contributed by atoms with Crippen LogP contribution in [0.5, 0.6) is 0 Å². The number of carboxylic acids is 2. The van der Waals surface area contributed by atoms with E-state index in [9.17, 15) is 23.7 Å². The first-order valence-corrected chi connectivity index (χ1v) is 7.21. The van der Waals surface area contributed by atoms with Crippen LogP contribution in [0.4, 0.5) is 4.79 Å². The number of aldehydes is 1. The molecule has 0 aromatic carbocycles. The van der Waals surface area contributed by atoms with Gasteiger partial charge in [-0.3, -0.25) is 9.59 Å². The Kier molecular flexibility index (Phi) is 10.7. The Balaban J connectivity index is 3.90. The third-order valence-corrected chi connectivity index (χ3v) is 2.88. The van der Waals surface area contributed by atoms with E-state index in [0.717, 1.165) is 0 Å². The molecule has 5 N–H and O–H groups in total. The van der Waals surface area contributed by atoms with Crippen molar-refractivity contribution in [1.29, 1.82) is 0 Å². The van der Waals surface area contributed by atoms with E-state index in [1.165, 1.54) is 0 Å². The summed E-state index contributed by atoms with van der Waals surface area (Å²) in [7, 11) is 0. The van der Waals surface area contributed by atoms with Gasteiger partial charge < -0.3 is 29.6 Å². The Morgan fingerprint density at radius 3 is 2.50 bits per heavy atom. The third-order valence-electron chi connectivity index (χ3n) is 2.01. The van der Waals surface area contributed by atoms with Gasteiger partial charge in [0.25, 0.3) is 0 Å². The molecule has 12 heteroatoms. The van der Waals surface area contributed by atoms with Crippen LogP contribution in [0, 0.1) is 0 Å². The van der Waals surface area contributed by atoms with Crippen LogP contribution < -0.4 is 14.8 Å². The molecule has 0 aromatic heterocycles. The van der Waals surface area contributed by atoms with Crippen LogP contribution in [0.25, 0.3) is 0 Å². The monoisotopic (exact) mass is 339 g/mol. The Morgan fingerprint density at radius 2 is 1.95 bits per heavy atom. The molecule has 1 amide bonds. The van der Waals surface area contributed by atoms with Crippen molar-refractivity contribution in [2.24, 2.45) is 0 Å². The van der Waals surface area contributed by atoms with Crippen LogP contribution in [0.15, 0.2) is 0 Å². The van der Waals surface area contributed by atoms with Crippen LogP contribution in [-0.4, -0.2) is 64.8 Å². The zero-order valence-corrected chi connectivity index (χ0v) is 12.3. The van der Waals surface area contributed by atoms with Gasteiger partial charge in [-0.25, -0.2) is 4.79 Å². The Morgan fingerprint density at radius 1 is 1.27 bits per heavy atom. The topological polar surface area (TPSA) is 177 Å². The summed E-state index contributed by atoms with van der Waals surface area (Å²) in [5.41, 5.74) is 0. The molecule has 0 radical (unpaired) electrons. The molecule has 0 fully saturated rings. The summed E-state index contributed by atoms with van der Waals surface area (Å²) in [6, 6.07) is -0.979. The lowest BCUT2D eigenvalue weighted by atomic mass is 10.3. The van der Waals surface area contributed by atoms with Gasteiger partial charge in [-0.15, -0.1) is 9.44 Å². The molecule has 0 rings (SSSR count). The van der Waals surface area contributed by atoms with Crippen molar-refractivity contribution in [3.05, 3.63) is 0 Å². The second kappa shape index (κ2) is 11.7. The van der Waals surface area contributed by atoms with Gasteiger partial charge >= 0.3 is 18.0 Å². The number of hydrogen-bond donors (Lipinski definition) is 5. The van der Waals surface area contributed by atoms with E-state index >= 15 is 0 Å². The summed E-state index contributed by atoms with van der Waals surface area (Å²) in [5.74, 6) is -2.15. The minimum atomic E-state index is -2.12. The van der Waals surface area contributed by atoms with Crippen molar-refractivity contribution in [1.82, 2.24) is 14.8 Å². The number of amides is 1. The smallest absolute Gasteiger partial charge is 0.450 e. The molecular weight excluding hydrogens is 322 g/mol. The molecule has 2 atom stereocenters. The zero-order chi connectivity index (χ0) is 17.0. The molecule has 0 saturated carbocycles. The van der Waals surface area contributed by atoms with E-state index in [-0.39, 0.29) is 32.5 Å². The minimum Gasteiger partial charge on any atom is -0.573 e. The van der Waals surface area contributed by atoms with Crippen molar-refractivity contribution in [2.45, 2.75) is 18.9 Å². The fraction of sp³-hybridized carbons (Fsp3) is 0.600. The second-order valence-corrected chi connectivity index (χ2v) is 4.87. The van der Waals surface area contributed by atoms with Crippen molar-refractivity contribution in [3.8, 4) is 0 Å². The van der Waals surface area contributed by atoms with E-state index in [2.05, 4.69) is 14.8 Å². The van der Waals surface area contributed by atoms with E-state index in [1.54, 1.807) is 0 Å². The van der Waals surface area contributed by atoms with Crippen LogP contribution in [0.2, 0.25) is 0 Å². The van der Waals surface area contributed by atoms with Crippen molar-refractivity contribution in [3.63, 3.8) is 0 Å². The quantitative estimate of drug-likeness (QED) is 0.151. The van der Waals surface area contributed by atoms with Crippen LogP contribution in [0.3, 0.4) is 0 Å². The maximum atomic E-state index is 11.5. The fourth-order valence-electron chi connectivity index (χ4n) is 1.11. The molecule has 2 unspecified atom stereocenters. The highest BCUT2D eigenvalue weighted by atomic mass is 32.2. The summed E-state index contributed by atoms with van der Waals surface area (Å²) in [4.78, 5) is 42.3. The SMILES string of the molecule is O=CC(CNCC(=O)O)N[S+]([O-])NC(=O)OCCCC(=O)O. The first kappa shape index (κ1) is 20.1. The lowest BCUT2D eigenvalue weighted by Gasteiger charge is -2.15. The van der Waals surface area contributed by atoms with Crippen LogP contribution in [0.1, 0.15) is 12.8 Å². The average Bonchev–Trinajstić information content (AvgIpc) is 2.41. The number of hydrogen-bond acceptors (Lipinski definition) is 8. The summed E-state index contributed by atoms with van der Waals surface area (Å²) in [5, 5.41) is 19.2. The van der Waals surface area contributed by atoms with Gasteiger partial charge in [-0.2, -0.15) is 0 Å². The Labute approximate surface area is 128 Å². The Hall–Kier alpha value is -1.89. The normalized spacial score (nSPS) is 13.0. The van der Waals surface area contributed by atoms with Gasteiger partial charge in [0, 0.05) is 13.0 Å². The van der Waals surface area contributed by atoms with Crippen molar-refractivity contribution >= 4 is 35.9 Å². The molecule has 0 aliphatic rings. The molecule has 0 heterocycles. The molecule has 0 bridgehead atoms. The van der Waals surface area contributed by atoms with E-state index in [0.29, 0.717) is 6.29 Å². The molecule has 22 heavy (non-hydrogen) atoms. The van der Waals surface area contributed by atoms with Gasteiger partial charge in [0.2, 0.25) is 0 Å². The number of ether oxygens (including phenoxy) is 1. The van der Waals surface area contributed by atoms with Crippen LogP contribution in [-0.2, 0) is 30.7 Å². The highest BCUT2D eigenvalue weighted by Crippen LogP contribution is 1.92. The standard InChI is InChI=1S/C10H17N3O8S/c14-6-7(4-11-5-9(17)18)12-22(20)13-10(19)21-3-1-2-8(15)16/h6-7,11-12H,1-5H2,(H,13,19)(H,15,16)(H,17,18). The number of carboxylic acid groups (broad SMARTS) is 2. The predicted molar refractivity (Wildman–Crippen MR) is 73.0 cm³/mol. The van der Waals surface area contributed by atoms with Gasteiger partial charge in [0.1, 0.15) is 12.3 Å². The molecule has 0 aromatic rings. The van der Waals surface area contributed by atoms with Gasteiger partial charge in [-0.1, -0.05) is 0 Å². The maximum Gasteiger partial charge on any atom is 0.450 e. The largest absolute Gasteiger partial charge is 0.573 e. The van der Waals surface area contributed by atoms with Crippen molar-refractivity contribution < 1.29 is 38.7 Å². The molecule has 0 aliphatic carbocycles. The summed E-state index contributed by atoms with van der Waals surface area (Å²) < 4.78 is 20.1. The number of rotatable bonds is 12. The molecule has 0 saturated heterocycles. The predicted octanol–water partition coefficient (Wildman–Crippen LogP) is -2.01. The van der Waals surface area contributed by atoms with E-state index in [4.69, 9.17) is 10.2 Å². The first-order valence-electron chi connectivity index (χ1n) is 6.06. The molecule has 11 nitrogen and oxygen atoms in total. The second-order valence-electron chi connectivity index (χ2n) is 3.89. The van der Waals surface area contributed by atoms with Crippen LogP contribution >= 0.6 is 0 Å². The minimum absolute atomic E-state index is 0.100. The number of nitrogens with one attached hydrogen (secondary N) is 3. The highest BCUT2D eigenvalue weighted by Gasteiger charge is 2.19. The van der Waals surface area contributed by atoms with E-state index in [1.807, 2.05) is 4.72 Å². The molecule has 126 valence electrons. The van der Waals surface area contributed by atoms with Gasteiger partial charge in [0.05, 0.1) is 13.2 Å². The highest BCUT2D eigenvalue weighted by molar-refractivity contribution is 7.88. The van der Waals surface area contributed by atoms with Gasteiger partial charge in [-0.05, 0) is 6.42 Å². The maximum absolute atomic E-state index is 11.5. The summed E-state index contributed by atoms with van der Waals surface area (Å²) >= 11 is -2.12. The zero-order valence-electron chi connectivity index (χ0n) is 11.4. The molecule has 0 spiro atoms. The average molecular weight is 339 g/mol. The first-order chi connectivity index (χ1) is 10.3. The Bertz CT molecular complexity index is 394. The lowest BCUT2D eigenvalue weighted by Crippen LogP contribution is -2.49. The summed E-state index contributed by atoms with van der Waals surface area (Å²) in [6.45, 7) is -0.638. The third kappa shape index (κ3) is 11.9.